The van der Waals surface area contributed by atoms with E-state index >= 15 is 0 Å². The molecule has 3 unspecified atom stereocenters. The maximum Gasteiger partial charge on any atom is 0.231 e. The Morgan fingerprint density at radius 2 is 1.85 bits per heavy atom. The van der Waals surface area contributed by atoms with E-state index in [9.17, 15) is 14.0 Å². The maximum absolute atomic E-state index is 12.9. The highest BCUT2D eigenvalue weighted by Crippen LogP contribution is 2.43. The average Bonchev–Trinajstić information content (AvgIpc) is 3.39. The van der Waals surface area contributed by atoms with Gasteiger partial charge in [-0.2, -0.15) is 0 Å². The van der Waals surface area contributed by atoms with Crippen LogP contribution in [0.15, 0.2) is 48.5 Å². The molecule has 2 aliphatic rings. The molecule has 0 bridgehead atoms. The highest BCUT2D eigenvalue weighted by Gasteiger charge is 2.51. The average molecular weight is 366 g/mol. The molecule has 1 heterocycles. The first-order chi connectivity index (χ1) is 13.0. The lowest BCUT2D eigenvalue weighted by Crippen LogP contribution is -2.38. The van der Waals surface area contributed by atoms with Crippen LogP contribution in [0, 0.1) is 17.7 Å². The number of nitrogens with zero attached hydrogens (tertiary/aromatic N) is 1. The lowest BCUT2D eigenvalue weighted by molar-refractivity contribution is -0.126. The maximum atomic E-state index is 12.9. The molecule has 0 spiro atoms. The van der Waals surface area contributed by atoms with Gasteiger partial charge in [-0.15, -0.1) is 0 Å². The molecule has 27 heavy (non-hydrogen) atoms. The fraction of sp³-hybridized carbons (Fsp3) is 0.364. The Labute approximate surface area is 158 Å². The molecular weight excluding hydrogens is 343 g/mol. The molecule has 1 aliphatic heterocycles. The van der Waals surface area contributed by atoms with E-state index in [0.717, 1.165) is 17.7 Å². The fourth-order valence-electron chi connectivity index (χ4n) is 3.95. The summed E-state index contributed by atoms with van der Waals surface area (Å²) in [4.78, 5) is 27.2. The lowest BCUT2D eigenvalue weighted by atomic mass is 10.1. The summed E-state index contributed by atoms with van der Waals surface area (Å²) in [5.74, 6) is -0.711. The van der Waals surface area contributed by atoms with Gasteiger partial charge in [0.2, 0.25) is 11.8 Å². The molecular formula is C22H23FN2O2. The third kappa shape index (κ3) is 3.59. The van der Waals surface area contributed by atoms with E-state index in [0.29, 0.717) is 19.4 Å². The van der Waals surface area contributed by atoms with Crippen LogP contribution in [-0.2, 0) is 22.4 Å². The van der Waals surface area contributed by atoms with E-state index in [1.165, 1.54) is 17.7 Å². The first-order valence-electron chi connectivity index (χ1n) is 9.47. The van der Waals surface area contributed by atoms with Crippen LogP contribution in [0.25, 0.3) is 0 Å². The number of hydrogen-bond donors (Lipinski definition) is 1. The number of para-hydroxylation sites is 1. The van der Waals surface area contributed by atoms with Crippen molar-refractivity contribution >= 4 is 17.5 Å². The van der Waals surface area contributed by atoms with Crippen molar-refractivity contribution in [2.24, 2.45) is 11.8 Å². The first-order valence-corrected chi connectivity index (χ1v) is 9.47. The van der Waals surface area contributed by atoms with E-state index < -0.39 is 0 Å². The largest absolute Gasteiger partial charge is 0.356 e. The predicted octanol–water partition coefficient (Wildman–Crippen LogP) is 3.10. The summed E-state index contributed by atoms with van der Waals surface area (Å²) in [6.07, 6.45) is 2.13. The van der Waals surface area contributed by atoms with Crippen LogP contribution in [-0.4, -0.2) is 24.4 Å². The summed E-state index contributed by atoms with van der Waals surface area (Å²) in [5, 5.41) is 2.91. The van der Waals surface area contributed by atoms with Crippen molar-refractivity contribution in [3.63, 3.8) is 0 Å². The zero-order chi connectivity index (χ0) is 19.0. The summed E-state index contributed by atoms with van der Waals surface area (Å²) in [6, 6.07) is 14.4. The summed E-state index contributed by atoms with van der Waals surface area (Å²) in [5.41, 5.74) is 3.15. The van der Waals surface area contributed by atoms with Gasteiger partial charge in [0, 0.05) is 18.3 Å². The summed E-state index contributed by atoms with van der Waals surface area (Å²) in [7, 11) is 0. The van der Waals surface area contributed by atoms with Crippen LogP contribution in [0.3, 0.4) is 0 Å². The van der Waals surface area contributed by atoms with E-state index in [-0.39, 0.29) is 35.5 Å². The second kappa shape index (κ2) is 7.14. The molecule has 0 saturated heterocycles. The van der Waals surface area contributed by atoms with Crippen molar-refractivity contribution in [1.29, 1.82) is 0 Å². The first kappa shape index (κ1) is 17.7. The minimum Gasteiger partial charge on any atom is -0.356 e. The monoisotopic (exact) mass is 366 g/mol. The second-order valence-electron chi connectivity index (χ2n) is 7.51. The van der Waals surface area contributed by atoms with Crippen LogP contribution in [0.5, 0.6) is 0 Å². The van der Waals surface area contributed by atoms with Gasteiger partial charge in [-0.3, -0.25) is 9.59 Å². The molecule has 2 aromatic carbocycles. The van der Waals surface area contributed by atoms with Gasteiger partial charge in [-0.05, 0) is 55.5 Å². The quantitative estimate of drug-likeness (QED) is 0.884. The van der Waals surface area contributed by atoms with Gasteiger partial charge in [-0.1, -0.05) is 30.3 Å². The lowest BCUT2D eigenvalue weighted by Gasteiger charge is -2.23. The fourth-order valence-corrected chi connectivity index (χ4v) is 3.95. The SMILES string of the molecule is CC1Cc2ccccc2N1C(=O)C1CC1C(=O)NCCc1ccc(F)cc1. The molecule has 140 valence electrons. The topological polar surface area (TPSA) is 49.4 Å². The van der Waals surface area contributed by atoms with Gasteiger partial charge in [0.05, 0.1) is 11.8 Å². The summed E-state index contributed by atoms with van der Waals surface area (Å²) < 4.78 is 12.9. The Morgan fingerprint density at radius 3 is 2.63 bits per heavy atom. The van der Waals surface area contributed by atoms with Gasteiger partial charge in [0.15, 0.2) is 0 Å². The number of benzene rings is 2. The Kier molecular flexibility index (Phi) is 4.68. The minimum atomic E-state index is -0.264. The molecule has 0 radical (unpaired) electrons. The Balaban J connectivity index is 1.30. The highest BCUT2D eigenvalue weighted by atomic mass is 19.1. The number of anilines is 1. The number of amides is 2. The number of fused-ring (bicyclic) bond motifs is 1. The second-order valence-corrected chi connectivity index (χ2v) is 7.51. The van der Waals surface area contributed by atoms with Crippen molar-refractivity contribution in [1.82, 2.24) is 5.32 Å². The smallest absolute Gasteiger partial charge is 0.231 e. The zero-order valence-corrected chi connectivity index (χ0v) is 15.3. The third-order valence-electron chi connectivity index (χ3n) is 5.52. The molecule has 1 N–H and O–H groups in total. The van der Waals surface area contributed by atoms with Gasteiger partial charge < -0.3 is 10.2 Å². The summed E-state index contributed by atoms with van der Waals surface area (Å²) >= 11 is 0. The number of carbonyl (C=O) groups is 2. The molecule has 5 heteroatoms. The normalized spacial score (nSPS) is 23.0. The number of nitrogens with one attached hydrogen (secondary N) is 1. The molecule has 3 atom stereocenters. The van der Waals surface area contributed by atoms with Crippen molar-refractivity contribution in [2.75, 3.05) is 11.4 Å². The standard InChI is InChI=1S/C22H23FN2O2/c1-14-12-16-4-2-3-5-20(16)25(14)22(27)19-13-18(19)21(26)24-11-10-15-6-8-17(23)9-7-15/h2-9,14,18-19H,10-13H2,1H3,(H,24,26). The van der Waals surface area contributed by atoms with Crippen LogP contribution in [0.1, 0.15) is 24.5 Å². The molecule has 2 amide bonds. The molecule has 4 nitrogen and oxygen atoms in total. The number of carbonyl (C=O) groups excluding carboxylic acids is 2. The Hall–Kier alpha value is -2.69. The predicted molar refractivity (Wildman–Crippen MR) is 102 cm³/mol. The molecule has 1 fully saturated rings. The zero-order valence-electron chi connectivity index (χ0n) is 15.3. The van der Waals surface area contributed by atoms with Crippen molar-refractivity contribution in [3.8, 4) is 0 Å². The van der Waals surface area contributed by atoms with Crippen LogP contribution < -0.4 is 10.2 Å². The van der Waals surface area contributed by atoms with Gasteiger partial charge in [-0.25, -0.2) is 4.39 Å². The van der Waals surface area contributed by atoms with Crippen LogP contribution in [0.4, 0.5) is 10.1 Å². The van der Waals surface area contributed by atoms with Gasteiger partial charge >= 0.3 is 0 Å². The Bertz CT molecular complexity index is 865. The molecule has 4 rings (SSSR count). The van der Waals surface area contributed by atoms with E-state index in [1.807, 2.05) is 23.1 Å². The number of halogens is 1. The van der Waals surface area contributed by atoms with Crippen LogP contribution >= 0.6 is 0 Å². The van der Waals surface area contributed by atoms with Crippen molar-refractivity contribution in [3.05, 3.63) is 65.5 Å². The van der Waals surface area contributed by atoms with Gasteiger partial charge in [0.25, 0.3) is 0 Å². The highest BCUT2D eigenvalue weighted by molar-refractivity contribution is 6.02. The minimum absolute atomic E-state index is 0.0596. The summed E-state index contributed by atoms with van der Waals surface area (Å²) in [6.45, 7) is 2.54. The third-order valence-corrected chi connectivity index (χ3v) is 5.52. The number of hydrogen-bond acceptors (Lipinski definition) is 2. The van der Waals surface area contributed by atoms with E-state index in [4.69, 9.17) is 0 Å². The number of rotatable bonds is 5. The van der Waals surface area contributed by atoms with Crippen molar-refractivity contribution in [2.45, 2.75) is 32.2 Å². The van der Waals surface area contributed by atoms with E-state index in [2.05, 4.69) is 18.3 Å². The molecule has 1 aliphatic carbocycles. The van der Waals surface area contributed by atoms with Crippen molar-refractivity contribution < 1.29 is 14.0 Å². The molecule has 0 aromatic heterocycles. The van der Waals surface area contributed by atoms with E-state index in [1.54, 1.807) is 12.1 Å². The van der Waals surface area contributed by atoms with Gasteiger partial charge in [0.1, 0.15) is 5.82 Å². The van der Waals surface area contributed by atoms with Crippen LogP contribution in [0.2, 0.25) is 0 Å². The Morgan fingerprint density at radius 1 is 1.11 bits per heavy atom. The molecule has 2 aromatic rings. The molecule has 1 saturated carbocycles.